The van der Waals surface area contributed by atoms with E-state index in [1.807, 2.05) is 42.5 Å². The third-order valence-electron chi connectivity index (χ3n) is 5.32. The van der Waals surface area contributed by atoms with Crippen molar-refractivity contribution in [1.82, 2.24) is 10.1 Å². The van der Waals surface area contributed by atoms with Gasteiger partial charge >= 0.3 is 0 Å². The van der Waals surface area contributed by atoms with Gasteiger partial charge in [0.25, 0.3) is 5.89 Å². The van der Waals surface area contributed by atoms with Crippen LogP contribution in [0.25, 0.3) is 11.5 Å². The summed E-state index contributed by atoms with van der Waals surface area (Å²) in [7, 11) is 0. The fourth-order valence-electron chi connectivity index (χ4n) is 3.71. The van der Waals surface area contributed by atoms with Crippen LogP contribution in [0.5, 0.6) is 11.5 Å². The molecule has 2 aliphatic rings. The Morgan fingerprint density at radius 2 is 1.89 bits per heavy atom. The molecule has 5 rings (SSSR count). The number of aromatic nitrogens is 2. The fourth-order valence-corrected chi connectivity index (χ4v) is 3.71. The lowest BCUT2D eigenvalue weighted by atomic mass is 10.1. The van der Waals surface area contributed by atoms with Crippen LogP contribution in [-0.4, -0.2) is 23.2 Å². The molecule has 1 saturated carbocycles. The Bertz CT molecular complexity index is 934. The van der Waals surface area contributed by atoms with Gasteiger partial charge in [-0.3, -0.25) is 0 Å². The van der Waals surface area contributed by atoms with Gasteiger partial charge in [0.15, 0.2) is 11.6 Å². The second-order valence-electron chi connectivity index (χ2n) is 7.64. The molecule has 1 saturated heterocycles. The molecule has 5 nitrogen and oxygen atoms in total. The summed E-state index contributed by atoms with van der Waals surface area (Å²) < 4.78 is 11.9. The molecule has 0 amide bonds. The van der Waals surface area contributed by atoms with Crippen molar-refractivity contribution in [2.75, 3.05) is 18.0 Å². The molecule has 2 aromatic carbocycles. The zero-order valence-corrected chi connectivity index (χ0v) is 15.5. The Labute approximate surface area is 159 Å². The number of anilines is 1. The average molecular weight is 361 g/mol. The summed E-state index contributed by atoms with van der Waals surface area (Å²) in [6, 6.07) is 16.0. The number of rotatable bonds is 5. The van der Waals surface area contributed by atoms with Gasteiger partial charge in [-0.05, 0) is 49.4 Å². The van der Waals surface area contributed by atoms with Crippen LogP contribution < -0.4 is 9.64 Å². The topological polar surface area (TPSA) is 51.4 Å². The molecule has 5 heteroatoms. The lowest BCUT2D eigenvalue weighted by Crippen LogP contribution is -2.20. The Kier molecular flexibility index (Phi) is 4.07. The minimum Gasteiger partial charge on any atom is -0.455 e. The first-order valence-corrected chi connectivity index (χ1v) is 9.73. The first-order valence-electron chi connectivity index (χ1n) is 9.73. The molecule has 1 aliphatic heterocycles. The lowest BCUT2D eigenvalue weighted by Gasteiger charge is -2.23. The normalized spacial score (nSPS) is 19.4. The Morgan fingerprint density at radius 3 is 2.63 bits per heavy atom. The maximum Gasteiger partial charge on any atom is 0.260 e. The number of benzene rings is 2. The Balaban J connectivity index is 1.57. The smallest absolute Gasteiger partial charge is 0.260 e. The third kappa shape index (κ3) is 3.29. The van der Waals surface area contributed by atoms with Crippen molar-refractivity contribution >= 4 is 5.69 Å². The van der Waals surface area contributed by atoms with Crippen LogP contribution in [0.1, 0.15) is 37.9 Å². The van der Waals surface area contributed by atoms with E-state index in [4.69, 9.17) is 9.26 Å². The molecule has 2 fully saturated rings. The summed E-state index contributed by atoms with van der Waals surface area (Å²) in [4.78, 5) is 7.07. The first-order chi connectivity index (χ1) is 13.3. The van der Waals surface area contributed by atoms with Gasteiger partial charge in [-0.25, -0.2) is 0 Å². The van der Waals surface area contributed by atoms with Crippen molar-refractivity contribution in [1.29, 1.82) is 0 Å². The molecule has 3 aromatic rings. The average Bonchev–Trinajstić information content (AvgIpc) is 3.26. The van der Waals surface area contributed by atoms with Gasteiger partial charge < -0.3 is 14.2 Å². The van der Waals surface area contributed by atoms with E-state index in [0.717, 1.165) is 54.5 Å². The summed E-state index contributed by atoms with van der Waals surface area (Å²) in [5, 5.41) is 4.21. The SMILES string of the molecule is CC1CCN(c2c(Oc3ccccc3)cccc2-c2nc(C3CC3)no2)C1. The van der Waals surface area contributed by atoms with Crippen molar-refractivity contribution in [3.8, 4) is 23.0 Å². The van der Waals surface area contributed by atoms with Gasteiger partial charge in [-0.2, -0.15) is 4.98 Å². The van der Waals surface area contributed by atoms with E-state index in [0.29, 0.717) is 17.7 Å². The first kappa shape index (κ1) is 16.4. The summed E-state index contributed by atoms with van der Waals surface area (Å²) in [6.07, 6.45) is 3.50. The maximum absolute atomic E-state index is 6.25. The number of ether oxygens (including phenoxy) is 1. The lowest BCUT2D eigenvalue weighted by molar-refractivity contribution is 0.422. The van der Waals surface area contributed by atoms with Crippen molar-refractivity contribution in [2.45, 2.75) is 32.1 Å². The minimum absolute atomic E-state index is 0.474. The molecule has 138 valence electrons. The van der Waals surface area contributed by atoms with Crippen molar-refractivity contribution in [2.24, 2.45) is 5.92 Å². The van der Waals surface area contributed by atoms with E-state index < -0.39 is 0 Å². The summed E-state index contributed by atoms with van der Waals surface area (Å²) >= 11 is 0. The molecule has 0 radical (unpaired) electrons. The van der Waals surface area contributed by atoms with Crippen LogP contribution in [-0.2, 0) is 0 Å². The highest BCUT2D eigenvalue weighted by atomic mass is 16.5. The molecule has 0 spiro atoms. The van der Waals surface area contributed by atoms with E-state index in [1.165, 1.54) is 6.42 Å². The fraction of sp³-hybridized carbons (Fsp3) is 0.364. The largest absolute Gasteiger partial charge is 0.455 e. The quantitative estimate of drug-likeness (QED) is 0.621. The number of nitrogens with zero attached hydrogens (tertiary/aromatic N) is 3. The summed E-state index contributed by atoms with van der Waals surface area (Å²) in [5.74, 6) is 4.21. The molecule has 0 N–H and O–H groups in total. The van der Waals surface area contributed by atoms with Crippen molar-refractivity contribution in [3.05, 3.63) is 54.4 Å². The van der Waals surface area contributed by atoms with Gasteiger partial charge in [0.2, 0.25) is 0 Å². The summed E-state index contributed by atoms with van der Waals surface area (Å²) in [5.41, 5.74) is 2.01. The van der Waals surface area contributed by atoms with Crippen LogP contribution >= 0.6 is 0 Å². The van der Waals surface area contributed by atoms with Crippen LogP contribution in [0.2, 0.25) is 0 Å². The Hall–Kier alpha value is -2.82. The molecule has 0 bridgehead atoms. The van der Waals surface area contributed by atoms with E-state index >= 15 is 0 Å². The monoisotopic (exact) mass is 361 g/mol. The molecule has 1 atom stereocenters. The standard InChI is InChI=1S/C22H23N3O2/c1-15-12-13-25(14-15)20-18(22-23-21(24-27-22)16-10-11-16)8-5-9-19(20)26-17-6-3-2-4-7-17/h2-9,15-16H,10-14H2,1H3. The van der Waals surface area contributed by atoms with Gasteiger partial charge in [-0.1, -0.05) is 36.3 Å². The van der Waals surface area contributed by atoms with Crippen molar-refractivity contribution < 1.29 is 9.26 Å². The number of hydrogen-bond donors (Lipinski definition) is 0. The van der Waals surface area contributed by atoms with E-state index in [-0.39, 0.29) is 0 Å². The van der Waals surface area contributed by atoms with Crippen LogP contribution in [0, 0.1) is 5.92 Å². The zero-order chi connectivity index (χ0) is 18.2. The molecule has 1 aromatic heterocycles. The highest BCUT2D eigenvalue weighted by Gasteiger charge is 2.31. The van der Waals surface area contributed by atoms with Crippen molar-refractivity contribution in [3.63, 3.8) is 0 Å². The van der Waals surface area contributed by atoms with Gasteiger partial charge in [-0.15, -0.1) is 0 Å². The Morgan fingerprint density at radius 1 is 1.04 bits per heavy atom. The van der Waals surface area contributed by atoms with Gasteiger partial charge in [0.05, 0.1) is 11.3 Å². The summed E-state index contributed by atoms with van der Waals surface area (Å²) in [6.45, 7) is 4.30. The number of hydrogen-bond acceptors (Lipinski definition) is 5. The van der Waals surface area contributed by atoms with E-state index in [1.54, 1.807) is 0 Å². The van der Waals surface area contributed by atoms with Gasteiger partial charge in [0.1, 0.15) is 5.75 Å². The second kappa shape index (κ2) is 6.72. The third-order valence-corrected chi connectivity index (χ3v) is 5.32. The zero-order valence-electron chi connectivity index (χ0n) is 15.5. The highest BCUT2D eigenvalue weighted by Crippen LogP contribution is 2.44. The predicted octanol–water partition coefficient (Wildman–Crippen LogP) is 5.25. The predicted molar refractivity (Wildman–Crippen MR) is 104 cm³/mol. The van der Waals surface area contributed by atoms with E-state index in [9.17, 15) is 0 Å². The highest BCUT2D eigenvalue weighted by molar-refractivity contribution is 5.80. The van der Waals surface area contributed by atoms with Crippen LogP contribution in [0.3, 0.4) is 0 Å². The second-order valence-corrected chi connectivity index (χ2v) is 7.64. The molecular weight excluding hydrogens is 338 g/mol. The molecule has 2 heterocycles. The van der Waals surface area contributed by atoms with Crippen LogP contribution in [0.4, 0.5) is 5.69 Å². The molecule has 1 aliphatic carbocycles. The van der Waals surface area contributed by atoms with Crippen LogP contribution in [0.15, 0.2) is 53.1 Å². The maximum atomic E-state index is 6.25. The van der Waals surface area contributed by atoms with E-state index in [2.05, 4.69) is 28.0 Å². The van der Waals surface area contributed by atoms with Gasteiger partial charge in [0, 0.05) is 19.0 Å². The molecule has 27 heavy (non-hydrogen) atoms. The number of para-hydroxylation sites is 2. The molecule has 1 unspecified atom stereocenters. The molecular formula is C22H23N3O2. The minimum atomic E-state index is 0.474.